The van der Waals surface area contributed by atoms with Gasteiger partial charge >= 0.3 is 0 Å². The van der Waals surface area contributed by atoms with E-state index < -0.39 is 0 Å². The first-order valence-electron chi connectivity index (χ1n) is 19.3. The van der Waals surface area contributed by atoms with Crippen LogP contribution in [0.5, 0.6) is 23.0 Å². The van der Waals surface area contributed by atoms with Crippen molar-refractivity contribution in [1.82, 2.24) is 19.9 Å². The van der Waals surface area contributed by atoms with Gasteiger partial charge in [0.05, 0.1) is 13.2 Å². The van der Waals surface area contributed by atoms with Gasteiger partial charge in [0.15, 0.2) is 36.1 Å². The average Bonchev–Trinajstić information content (AvgIpc) is 3.32. The fourth-order valence-corrected chi connectivity index (χ4v) is 4.35. The second-order valence-electron chi connectivity index (χ2n) is 10.0. The van der Waals surface area contributed by atoms with Crippen molar-refractivity contribution in [3.05, 3.63) is 122 Å². The Hall–Kier alpha value is -5.33. The minimum Gasteiger partial charge on any atom is -0.610 e. The molecule has 12 nitrogen and oxygen atoms in total. The summed E-state index contributed by atoms with van der Waals surface area (Å²) in [7, 11) is 0. The van der Waals surface area contributed by atoms with E-state index in [1.54, 1.807) is 73.3 Å². The van der Waals surface area contributed by atoms with Gasteiger partial charge in [-0.1, -0.05) is 91.8 Å². The van der Waals surface area contributed by atoms with Gasteiger partial charge in [0.2, 0.25) is 0 Å². The van der Waals surface area contributed by atoms with Crippen LogP contribution in [0, 0.1) is 0 Å². The fraction of sp³-hybridized carbons (Fsp3) is 0.261. The zero-order chi connectivity index (χ0) is 43.0. The second-order valence-corrected chi connectivity index (χ2v) is 10.0. The first-order chi connectivity index (χ1) is 28.6. The third-order valence-electron chi connectivity index (χ3n) is 6.77. The van der Waals surface area contributed by atoms with E-state index in [1.807, 2.05) is 118 Å². The molecule has 2 heterocycles. The van der Waals surface area contributed by atoms with Crippen LogP contribution in [0.15, 0.2) is 122 Å². The number of ether oxygens (including phenoxy) is 2. The molecule has 0 N–H and O–H groups in total. The second kappa shape index (κ2) is 35.6. The van der Waals surface area contributed by atoms with Crippen molar-refractivity contribution in [2.75, 3.05) is 13.2 Å². The third kappa shape index (κ3) is 19.6. The normalized spacial score (nSPS) is 8.97. The summed E-state index contributed by atoms with van der Waals surface area (Å²) in [5, 5.41) is 0. The summed E-state index contributed by atoms with van der Waals surface area (Å²) in [5.41, 5.74) is 5.35. The molecule has 0 aliphatic heterocycles. The van der Waals surface area contributed by atoms with Crippen LogP contribution in [-0.4, -0.2) is 46.1 Å². The molecule has 0 saturated carbocycles. The van der Waals surface area contributed by atoms with E-state index in [2.05, 4.69) is 29.4 Å². The largest absolute Gasteiger partial charge is 0.610 e. The average molecular weight is 893 g/mol. The number of hydrogen-bond acceptors (Lipinski definition) is 12. The van der Waals surface area contributed by atoms with Crippen molar-refractivity contribution in [1.29, 1.82) is 0 Å². The number of rotatable bonds is 14. The third-order valence-corrected chi connectivity index (χ3v) is 6.77. The van der Waals surface area contributed by atoms with E-state index in [9.17, 15) is 9.59 Å². The van der Waals surface area contributed by atoms with E-state index in [1.165, 1.54) is 12.9 Å². The molecule has 2 aromatic heterocycles. The van der Waals surface area contributed by atoms with Crippen molar-refractivity contribution >= 4 is 12.9 Å². The van der Waals surface area contributed by atoms with Gasteiger partial charge in [0.1, 0.15) is 0 Å². The molecule has 0 aliphatic carbocycles. The van der Waals surface area contributed by atoms with Gasteiger partial charge in [-0.3, -0.25) is 0 Å². The Morgan fingerprint density at radius 1 is 0.383 bits per heavy atom. The Balaban J connectivity index is 0. The molecule has 6 rings (SSSR count). The Kier molecular flexibility index (Phi) is 33.7. The van der Waals surface area contributed by atoms with Crippen LogP contribution in [-0.2, 0) is 56.5 Å². The smallest absolute Gasteiger partial charge is 0.170 e. The summed E-state index contributed by atoms with van der Waals surface area (Å²) in [4.78, 5) is 57.9. The molecule has 2 radical (unpaired) electrons. The molecule has 4 aromatic carbocycles. The molecule has 0 unspecified atom stereocenters. The molecule has 14 heteroatoms. The summed E-state index contributed by atoms with van der Waals surface area (Å²) in [6.45, 7) is 23.4. The monoisotopic (exact) mass is 892 g/mol. The standard InChI is InChI=1S/2C19H15N2O4.4C2H6.2V/c1-2-24-25-18-9-3-14(4-10-18)16-11-20-19(21-12-16)15-5-7-17(8-6-15)23-13-22;1-2-24-25-18-9-5-15(6-10-18)19-20-11-16(12-21-19)14-3-7-17(8-4-14)23-13-22;4*1-2;;/h2*3-12H,2H2,1H3;4*1-2H3;;/q2*-1;;;;;;. The van der Waals surface area contributed by atoms with Crippen LogP contribution in [0.4, 0.5) is 0 Å². The van der Waals surface area contributed by atoms with E-state index >= 15 is 0 Å². The molecular weight excluding hydrogens is 838 g/mol. The Morgan fingerprint density at radius 2 is 0.633 bits per heavy atom. The molecule has 0 spiro atoms. The first kappa shape index (κ1) is 56.8. The topological polar surface area (TPSA) is 141 Å². The number of benzene rings is 4. The summed E-state index contributed by atoms with van der Waals surface area (Å²) >= 11 is 0. The van der Waals surface area contributed by atoms with Crippen molar-refractivity contribution in [3.8, 4) is 68.0 Å². The predicted octanol–water partition coefficient (Wildman–Crippen LogP) is 11.3. The van der Waals surface area contributed by atoms with Crippen LogP contribution < -0.4 is 19.2 Å². The van der Waals surface area contributed by atoms with Gasteiger partial charge in [0, 0.05) is 84.2 Å². The van der Waals surface area contributed by atoms with Gasteiger partial charge in [0.25, 0.3) is 0 Å². The Bertz CT molecular complexity index is 1790. The van der Waals surface area contributed by atoms with Crippen molar-refractivity contribution in [2.24, 2.45) is 0 Å². The molecule has 0 bridgehead atoms. The van der Waals surface area contributed by atoms with Crippen molar-refractivity contribution in [2.45, 2.75) is 69.2 Å². The van der Waals surface area contributed by atoms with E-state index in [0.29, 0.717) is 47.9 Å². The summed E-state index contributed by atoms with van der Waals surface area (Å²) in [6, 6.07) is 28.7. The van der Waals surface area contributed by atoms with Crippen molar-refractivity contribution < 1.29 is 75.7 Å². The number of nitrogens with zero attached hydrogens (tertiary/aromatic N) is 4. The van der Waals surface area contributed by atoms with Crippen LogP contribution in [0.3, 0.4) is 0 Å². The SMILES string of the molecule is CC.CC.CC.CC.CCOOc1ccc(-c2cnc(-c3ccc(O[C-]=O)cc3)nc2)cc1.CCOOc1ccc(-c2ncc(-c3ccc(O[C-]=O)cc3)cn2)cc1.[V].[V]. The fourth-order valence-electron chi connectivity index (χ4n) is 4.35. The van der Waals surface area contributed by atoms with Gasteiger partial charge < -0.3 is 28.8 Å². The molecular formula is C46H54N4O8V2-2. The van der Waals surface area contributed by atoms with Gasteiger partial charge in [-0.2, -0.15) is 9.78 Å². The van der Waals surface area contributed by atoms with Gasteiger partial charge in [-0.25, -0.2) is 19.9 Å². The van der Waals surface area contributed by atoms with E-state index in [4.69, 9.17) is 19.6 Å². The van der Waals surface area contributed by atoms with E-state index in [0.717, 1.165) is 33.4 Å². The maximum Gasteiger partial charge on any atom is 0.170 e. The number of hydrogen-bond donors (Lipinski definition) is 0. The van der Waals surface area contributed by atoms with Crippen molar-refractivity contribution in [3.63, 3.8) is 0 Å². The maximum atomic E-state index is 10.2. The predicted molar refractivity (Wildman–Crippen MR) is 228 cm³/mol. The Labute approximate surface area is 379 Å². The summed E-state index contributed by atoms with van der Waals surface area (Å²) in [5.74, 6) is 3.31. The minimum atomic E-state index is 0. The summed E-state index contributed by atoms with van der Waals surface area (Å²) in [6.07, 6.45) is 7.00. The number of carbonyl (C=O) groups excluding carboxylic acids is 2. The molecule has 0 saturated heterocycles. The van der Waals surface area contributed by atoms with Crippen LogP contribution >= 0.6 is 0 Å². The molecule has 0 amide bonds. The summed E-state index contributed by atoms with van der Waals surface area (Å²) < 4.78 is 9.29. The minimum absolute atomic E-state index is 0. The van der Waals surface area contributed by atoms with Crippen LogP contribution in [0.25, 0.3) is 45.0 Å². The zero-order valence-corrected chi connectivity index (χ0v) is 38.7. The maximum absolute atomic E-state index is 10.2. The molecule has 0 atom stereocenters. The zero-order valence-electron chi connectivity index (χ0n) is 35.9. The number of aromatic nitrogens is 4. The molecule has 0 aliphatic rings. The van der Waals surface area contributed by atoms with Crippen LogP contribution in [0.1, 0.15) is 69.2 Å². The van der Waals surface area contributed by atoms with E-state index in [-0.39, 0.29) is 37.1 Å². The quantitative estimate of drug-likeness (QED) is 0.0584. The molecule has 60 heavy (non-hydrogen) atoms. The van der Waals surface area contributed by atoms with Gasteiger partial charge in [-0.15, -0.1) is 24.3 Å². The first-order valence-corrected chi connectivity index (χ1v) is 19.3. The van der Waals surface area contributed by atoms with Gasteiger partial charge in [-0.05, 0) is 72.9 Å². The molecule has 6 aromatic rings. The molecule has 0 fully saturated rings. The Morgan fingerprint density at radius 3 is 0.883 bits per heavy atom. The molecule has 318 valence electrons. The van der Waals surface area contributed by atoms with Crippen LogP contribution in [0.2, 0.25) is 0 Å².